The summed E-state index contributed by atoms with van der Waals surface area (Å²) in [6.07, 6.45) is 0. The van der Waals surface area contributed by atoms with Crippen LogP contribution in [0.3, 0.4) is 0 Å². The van der Waals surface area contributed by atoms with E-state index in [1.54, 1.807) is 0 Å². The molecule has 4 nitrogen and oxygen atoms in total. The lowest BCUT2D eigenvalue weighted by molar-refractivity contribution is 0.344. The highest BCUT2D eigenvalue weighted by molar-refractivity contribution is 7.99. The van der Waals surface area contributed by atoms with Crippen LogP contribution in [-0.2, 0) is 0 Å². The van der Waals surface area contributed by atoms with E-state index in [1.807, 2.05) is 84.9 Å². The molecule has 0 atom stereocenters. The second-order valence-electron chi connectivity index (χ2n) is 6.15. The number of aromatic nitrogens is 3. The lowest BCUT2D eigenvalue weighted by Gasteiger charge is -2.10. The highest BCUT2D eigenvalue weighted by Gasteiger charge is 2.13. The highest BCUT2D eigenvalue weighted by atomic mass is 35.5. The molecule has 0 bridgehead atoms. The molecule has 144 valence electrons. The molecular formula is C23H18ClN3OS. The number of halogens is 1. The molecule has 0 aliphatic rings. The molecule has 6 heteroatoms. The van der Waals surface area contributed by atoms with Gasteiger partial charge in [0.25, 0.3) is 0 Å². The number of benzene rings is 3. The van der Waals surface area contributed by atoms with E-state index in [-0.39, 0.29) is 0 Å². The van der Waals surface area contributed by atoms with Crippen LogP contribution in [-0.4, -0.2) is 27.5 Å². The fourth-order valence-corrected chi connectivity index (χ4v) is 3.60. The molecular weight excluding hydrogens is 402 g/mol. The van der Waals surface area contributed by atoms with E-state index in [4.69, 9.17) is 21.3 Å². The van der Waals surface area contributed by atoms with Crippen LogP contribution in [0.1, 0.15) is 0 Å². The van der Waals surface area contributed by atoms with Gasteiger partial charge < -0.3 is 4.74 Å². The Kier molecular flexibility index (Phi) is 6.39. The first-order chi connectivity index (χ1) is 14.3. The van der Waals surface area contributed by atoms with Crippen molar-refractivity contribution in [2.45, 2.75) is 5.16 Å². The topological polar surface area (TPSA) is 47.9 Å². The van der Waals surface area contributed by atoms with Crippen molar-refractivity contribution in [3.05, 3.63) is 90.0 Å². The second kappa shape index (κ2) is 9.54. The quantitative estimate of drug-likeness (QED) is 0.270. The molecule has 1 heterocycles. The zero-order valence-electron chi connectivity index (χ0n) is 15.5. The first-order valence-electron chi connectivity index (χ1n) is 9.17. The molecule has 0 fully saturated rings. The molecule has 0 saturated heterocycles. The second-order valence-corrected chi connectivity index (χ2v) is 7.62. The van der Waals surface area contributed by atoms with Crippen LogP contribution in [0.4, 0.5) is 0 Å². The fourth-order valence-electron chi connectivity index (χ4n) is 2.81. The van der Waals surface area contributed by atoms with E-state index >= 15 is 0 Å². The van der Waals surface area contributed by atoms with Crippen molar-refractivity contribution in [3.63, 3.8) is 0 Å². The van der Waals surface area contributed by atoms with Crippen molar-refractivity contribution in [1.29, 1.82) is 0 Å². The zero-order valence-corrected chi connectivity index (χ0v) is 17.1. The molecule has 0 unspecified atom stereocenters. The molecule has 1 aromatic heterocycles. The van der Waals surface area contributed by atoms with E-state index in [0.29, 0.717) is 28.3 Å². The van der Waals surface area contributed by atoms with Crippen molar-refractivity contribution >= 4 is 23.4 Å². The maximum atomic E-state index is 6.12. The number of nitrogens with zero attached hydrogens (tertiary/aromatic N) is 3. The van der Waals surface area contributed by atoms with Gasteiger partial charge in [-0.05, 0) is 12.1 Å². The van der Waals surface area contributed by atoms with Gasteiger partial charge >= 0.3 is 0 Å². The maximum absolute atomic E-state index is 6.12. The Labute approximate surface area is 178 Å². The van der Waals surface area contributed by atoms with E-state index in [9.17, 15) is 0 Å². The van der Waals surface area contributed by atoms with Crippen LogP contribution in [0.2, 0.25) is 5.02 Å². The van der Waals surface area contributed by atoms with E-state index in [1.165, 1.54) is 11.8 Å². The summed E-state index contributed by atoms with van der Waals surface area (Å²) in [7, 11) is 0. The van der Waals surface area contributed by atoms with Crippen molar-refractivity contribution < 1.29 is 4.74 Å². The van der Waals surface area contributed by atoms with Gasteiger partial charge in [-0.1, -0.05) is 96.2 Å². The number of rotatable bonds is 7. The van der Waals surface area contributed by atoms with E-state index < -0.39 is 0 Å². The van der Waals surface area contributed by atoms with E-state index in [2.05, 4.69) is 10.2 Å². The summed E-state index contributed by atoms with van der Waals surface area (Å²) in [5, 5.41) is 10.0. The van der Waals surface area contributed by atoms with Crippen LogP contribution in [0.5, 0.6) is 5.75 Å². The normalized spacial score (nSPS) is 10.7. The third kappa shape index (κ3) is 4.94. The predicted octanol–water partition coefficient (Wildman–Crippen LogP) is 6.03. The SMILES string of the molecule is Clc1ccccc1OCCSc1nnc(-c2ccccc2)c(-c2ccccc2)n1. The fraction of sp³-hybridized carbons (Fsp3) is 0.0870. The standard InChI is InChI=1S/C23H18ClN3OS/c24-19-13-7-8-14-20(19)28-15-16-29-23-25-21(17-9-3-1-4-10-17)22(26-27-23)18-11-5-2-6-12-18/h1-14H,15-16H2. The van der Waals surface area contributed by atoms with Crippen LogP contribution < -0.4 is 4.74 Å². The largest absolute Gasteiger partial charge is 0.491 e. The van der Waals surface area contributed by atoms with Gasteiger partial charge in [0.05, 0.1) is 11.6 Å². The molecule has 0 aliphatic heterocycles. The summed E-state index contributed by atoms with van der Waals surface area (Å²) in [6.45, 7) is 0.499. The first-order valence-corrected chi connectivity index (χ1v) is 10.5. The molecule has 0 amide bonds. The van der Waals surface area contributed by atoms with Gasteiger partial charge in [-0.2, -0.15) is 0 Å². The number of hydrogen-bond donors (Lipinski definition) is 0. The molecule has 4 aromatic rings. The molecule has 3 aromatic carbocycles. The van der Waals surface area contributed by atoms with Crippen molar-refractivity contribution in [2.75, 3.05) is 12.4 Å². The molecule has 0 aliphatic carbocycles. The number of ether oxygens (including phenoxy) is 1. The minimum atomic E-state index is 0.499. The molecule has 0 radical (unpaired) electrons. The van der Waals surface area contributed by atoms with Gasteiger partial charge in [0.1, 0.15) is 17.1 Å². The summed E-state index contributed by atoms with van der Waals surface area (Å²) >= 11 is 7.62. The van der Waals surface area contributed by atoms with Gasteiger partial charge in [-0.15, -0.1) is 10.2 Å². The molecule has 29 heavy (non-hydrogen) atoms. The van der Waals surface area contributed by atoms with Crippen LogP contribution >= 0.6 is 23.4 Å². The summed E-state index contributed by atoms with van der Waals surface area (Å²) in [5.74, 6) is 1.37. The Hall–Kier alpha value is -2.89. The van der Waals surface area contributed by atoms with Gasteiger partial charge in [0.2, 0.25) is 5.16 Å². The van der Waals surface area contributed by atoms with Crippen molar-refractivity contribution in [1.82, 2.24) is 15.2 Å². The summed E-state index contributed by atoms with van der Waals surface area (Å²) in [5.41, 5.74) is 3.59. The number of thioether (sulfide) groups is 1. The Morgan fingerprint density at radius 1 is 0.724 bits per heavy atom. The smallest absolute Gasteiger partial charge is 0.209 e. The number of para-hydroxylation sites is 1. The third-order valence-electron chi connectivity index (χ3n) is 4.17. The Morgan fingerprint density at radius 3 is 2.03 bits per heavy atom. The predicted molar refractivity (Wildman–Crippen MR) is 118 cm³/mol. The Bertz CT molecular complexity index is 1080. The molecule has 4 rings (SSSR count). The molecule has 0 N–H and O–H groups in total. The minimum Gasteiger partial charge on any atom is -0.491 e. The monoisotopic (exact) mass is 419 g/mol. The Balaban J connectivity index is 1.52. The van der Waals surface area contributed by atoms with Crippen molar-refractivity contribution in [2.24, 2.45) is 0 Å². The van der Waals surface area contributed by atoms with Crippen molar-refractivity contribution in [3.8, 4) is 28.3 Å². The summed E-state index contributed by atoms with van der Waals surface area (Å²) < 4.78 is 5.74. The van der Waals surface area contributed by atoms with Crippen LogP contribution in [0, 0.1) is 0 Å². The van der Waals surface area contributed by atoms with E-state index in [0.717, 1.165) is 22.5 Å². The van der Waals surface area contributed by atoms with Gasteiger partial charge in [0, 0.05) is 16.9 Å². The Morgan fingerprint density at radius 2 is 1.34 bits per heavy atom. The average Bonchev–Trinajstić information content (AvgIpc) is 2.79. The summed E-state index contributed by atoms with van der Waals surface area (Å²) in [4.78, 5) is 4.79. The first kappa shape index (κ1) is 19.4. The molecule has 0 saturated carbocycles. The lowest BCUT2D eigenvalue weighted by atomic mass is 10.0. The van der Waals surface area contributed by atoms with Gasteiger partial charge in [-0.3, -0.25) is 0 Å². The molecule has 0 spiro atoms. The van der Waals surface area contributed by atoms with Crippen LogP contribution in [0.25, 0.3) is 22.5 Å². The third-order valence-corrected chi connectivity index (χ3v) is 5.28. The lowest BCUT2D eigenvalue weighted by Crippen LogP contribution is -2.03. The zero-order chi connectivity index (χ0) is 19.9. The van der Waals surface area contributed by atoms with Gasteiger partial charge in [0.15, 0.2) is 0 Å². The minimum absolute atomic E-state index is 0.499. The highest BCUT2D eigenvalue weighted by Crippen LogP contribution is 2.30. The average molecular weight is 420 g/mol. The van der Waals surface area contributed by atoms with Crippen LogP contribution in [0.15, 0.2) is 90.1 Å². The summed E-state index contributed by atoms with van der Waals surface area (Å²) in [6, 6.07) is 27.5. The van der Waals surface area contributed by atoms with Gasteiger partial charge in [-0.25, -0.2) is 4.98 Å². The number of hydrogen-bond acceptors (Lipinski definition) is 5. The maximum Gasteiger partial charge on any atom is 0.209 e.